The molecule has 138 valence electrons. The highest BCUT2D eigenvalue weighted by molar-refractivity contribution is 6.10. The molecule has 0 bridgehead atoms. The van der Waals surface area contributed by atoms with Gasteiger partial charge in [-0.3, -0.25) is 9.59 Å². The number of rotatable bonds is 7. The van der Waals surface area contributed by atoms with E-state index in [2.05, 4.69) is 15.5 Å². The first kappa shape index (κ1) is 19.4. The van der Waals surface area contributed by atoms with E-state index in [1.807, 2.05) is 0 Å². The molecule has 0 aliphatic carbocycles. The summed E-state index contributed by atoms with van der Waals surface area (Å²) in [4.78, 5) is 46.2. The fraction of sp³-hybridized carbons (Fsp3) is 0.111. The molecule has 9 nitrogen and oxygen atoms in total. The van der Waals surface area contributed by atoms with Crippen molar-refractivity contribution in [3.05, 3.63) is 59.7 Å². The molecular formula is C18H15N3O6. The van der Waals surface area contributed by atoms with E-state index in [1.165, 1.54) is 42.5 Å². The van der Waals surface area contributed by atoms with Crippen molar-refractivity contribution in [2.75, 3.05) is 5.32 Å². The molecule has 1 atom stereocenters. The van der Waals surface area contributed by atoms with E-state index >= 15 is 0 Å². The SMILES string of the molecule is CC(=O)C(N=Nc1ccccc1C(=O)O)C(=O)Nc1cccc(C(=O)O)c1. The van der Waals surface area contributed by atoms with Gasteiger partial charge in [-0.25, -0.2) is 9.59 Å². The van der Waals surface area contributed by atoms with Crippen LogP contribution in [0, 0.1) is 0 Å². The van der Waals surface area contributed by atoms with Crippen LogP contribution in [0.2, 0.25) is 0 Å². The number of nitrogens with one attached hydrogen (secondary N) is 1. The first-order valence-corrected chi connectivity index (χ1v) is 7.67. The number of ketones is 1. The minimum absolute atomic E-state index is 0.00285. The van der Waals surface area contributed by atoms with Gasteiger partial charge in [-0.2, -0.15) is 10.2 Å². The van der Waals surface area contributed by atoms with Crippen molar-refractivity contribution in [3.63, 3.8) is 0 Å². The maximum atomic E-state index is 12.3. The molecule has 27 heavy (non-hydrogen) atoms. The van der Waals surface area contributed by atoms with Crippen molar-refractivity contribution in [1.29, 1.82) is 0 Å². The zero-order chi connectivity index (χ0) is 20.0. The zero-order valence-corrected chi connectivity index (χ0v) is 14.1. The molecule has 1 unspecified atom stereocenters. The Hall–Kier alpha value is -3.88. The summed E-state index contributed by atoms with van der Waals surface area (Å²) < 4.78 is 0. The fourth-order valence-corrected chi connectivity index (χ4v) is 2.12. The molecule has 2 rings (SSSR count). The highest BCUT2D eigenvalue weighted by atomic mass is 16.4. The van der Waals surface area contributed by atoms with Gasteiger partial charge in [0, 0.05) is 5.69 Å². The Morgan fingerprint density at radius 3 is 2.30 bits per heavy atom. The Morgan fingerprint density at radius 2 is 1.67 bits per heavy atom. The van der Waals surface area contributed by atoms with E-state index in [4.69, 9.17) is 10.2 Å². The molecule has 1 amide bonds. The van der Waals surface area contributed by atoms with Crippen LogP contribution in [-0.4, -0.2) is 39.9 Å². The summed E-state index contributed by atoms with van der Waals surface area (Å²) in [7, 11) is 0. The number of nitrogens with zero attached hydrogens (tertiary/aromatic N) is 2. The van der Waals surface area contributed by atoms with Crippen molar-refractivity contribution in [3.8, 4) is 0 Å². The number of amides is 1. The second kappa shape index (κ2) is 8.48. The lowest BCUT2D eigenvalue weighted by Crippen LogP contribution is -2.31. The number of carbonyl (C=O) groups excluding carboxylic acids is 2. The third-order valence-electron chi connectivity index (χ3n) is 3.43. The summed E-state index contributed by atoms with van der Waals surface area (Å²) in [6, 6.07) is 9.71. The number of hydrogen-bond acceptors (Lipinski definition) is 6. The molecule has 0 heterocycles. The Labute approximate surface area is 153 Å². The van der Waals surface area contributed by atoms with Gasteiger partial charge in [0.25, 0.3) is 5.91 Å². The van der Waals surface area contributed by atoms with Crippen LogP contribution >= 0.6 is 0 Å². The fourth-order valence-electron chi connectivity index (χ4n) is 2.12. The van der Waals surface area contributed by atoms with Gasteiger partial charge in [-0.05, 0) is 37.3 Å². The van der Waals surface area contributed by atoms with E-state index in [9.17, 15) is 19.2 Å². The standard InChI is InChI=1S/C18H15N3O6/c1-10(22)15(21-20-14-8-3-2-7-13(14)18(26)27)16(23)19-12-6-4-5-11(9-12)17(24)25/h2-9,15H,1H3,(H,19,23)(H,24,25)(H,26,27). The van der Waals surface area contributed by atoms with Gasteiger partial charge in [0.2, 0.25) is 6.04 Å². The van der Waals surface area contributed by atoms with Gasteiger partial charge in [0.1, 0.15) is 0 Å². The summed E-state index contributed by atoms with van der Waals surface area (Å²) in [6.45, 7) is 1.14. The van der Waals surface area contributed by atoms with Crippen LogP contribution in [0.15, 0.2) is 58.8 Å². The van der Waals surface area contributed by atoms with Crippen LogP contribution in [0.5, 0.6) is 0 Å². The van der Waals surface area contributed by atoms with Gasteiger partial charge in [0.15, 0.2) is 5.78 Å². The van der Waals surface area contributed by atoms with Gasteiger partial charge in [0.05, 0.1) is 16.8 Å². The van der Waals surface area contributed by atoms with Crippen molar-refractivity contribution >= 4 is 35.0 Å². The van der Waals surface area contributed by atoms with Crippen molar-refractivity contribution in [2.24, 2.45) is 10.2 Å². The molecule has 0 fully saturated rings. The van der Waals surface area contributed by atoms with E-state index in [0.717, 1.165) is 6.92 Å². The summed E-state index contributed by atoms with van der Waals surface area (Å²) in [5, 5.41) is 27.9. The number of anilines is 1. The third kappa shape index (κ3) is 5.05. The molecule has 0 aromatic heterocycles. The summed E-state index contributed by atoms with van der Waals surface area (Å²) in [5.74, 6) is -3.82. The predicted octanol–water partition coefficient (Wildman–Crippen LogP) is 2.76. The number of Topliss-reactive ketones (excluding diaryl/α,β-unsaturated/α-hetero) is 1. The molecule has 0 aliphatic rings. The lowest BCUT2D eigenvalue weighted by Gasteiger charge is -2.10. The first-order chi connectivity index (χ1) is 12.8. The Kier molecular flexibility index (Phi) is 6.10. The number of azo groups is 1. The monoisotopic (exact) mass is 369 g/mol. The number of aromatic carboxylic acids is 2. The van der Waals surface area contributed by atoms with Crippen LogP contribution in [0.4, 0.5) is 11.4 Å². The molecule has 9 heteroatoms. The molecule has 0 aliphatic heterocycles. The molecule has 0 saturated heterocycles. The van der Waals surface area contributed by atoms with Gasteiger partial charge < -0.3 is 15.5 Å². The minimum Gasteiger partial charge on any atom is -0.478 e. The summed E-state index contributed by atoms with van der Waals surface area (Å²) in [5.41, 5.74) is 0.00603. The van der Waals surface area contributed by atoms with Crippen LogP contribution in [0.1, 0.15) is 27.6 Å². The normalized spacial score (nSPS) is 11.7. The molecule has 3 N–H and O–H groups in total. The highest BCUT2D eigenvalue weighted by Crippen LogP contribution is 2.20. The number of carboxylic acids is 2. The van der Waals surface area contributed by atoms with Crippen LogP contribution in [0.3, 0.4) is 0 Å². The van der Waals surface area contributed by atoms with Crippen LogP contribution in [0.25, 0.3) is 0 Å². The number of carbonyl (C=O) groups is 4. The maximum Gasteiger partial charge on any atom is 0.337 e. The van der Waals surface area contributed by atoms with E-state index in [0.29, 0.717) is 0 Å². The van der Waals surface area contributed by atoms with Crippen LogP contribution in [-0.2, 0) is 9.59 Å². The van der Waals surface area contributed by atoms with E-state index in [1.54, 1.807) is 6.07 Å². The molecule has 0 spiro atoms. The van der Waals surface area contributed by atoms with Gasteiger partial charge >= 0.3 is 11.9 Å². The highest BCUT2D eigenvalue weighted by Gasteiger charge is 2.23. The lowest BCUT2D eigenvalue weighted by molar-refractivity contribution is -0.126. The average molecular weight is 369 g/mol. The minimum atomic E-state index is -1.51. The van der Waals surface area contributed by atoms with Crippen LogP contribution < -0.4 is 5.32 Å². The van der Waals surface area contributed by atoms with Crippen molar-refractivity contribution in [1.82, 2.24) is 0 Å². The lowest BCUT2D eigenvalue weighted by atomic mass is 10.1. The van der Waals surface area contributed by atoms with Gasteiger partial charge in [-0.15, -0.1) is 0 Å². The van der Waals surface area contributed by atoms with E-state index < -0.39 is 29.7 Å². The second-order valence-electron chi connectivity index (χ2n) is 5.43. The quantitative estimate of drug-likeness (QED) is 0.505. The Balaban J connectivity index is 2.24. The molecule has 0 radical (unpaired) electrons. The zero-order valence-electron chi connectivity index (χ0n) is 14.1. The maximum absolute atomic E-state index is 12.3. The molecule has 2 aromatic rings. The third-order valence-corrected chi connectivity index (χ3v) is 3.43. The Bertz CT molecular complexity index is 938. The largest absolute Gasteiger partial charge is 0.478 e. The molecule has 0 saturated carbocycles. The molecular weight excluding hydrogens is 354 g/mol. The Morgan fingerprint density at radius 1 is 0.963 bits per heavy atom. The number of hydrogen-bond donors (Lipinski definition) is 3. The van der Waals surface area contributed by atoms with Gasteiger partial charge in [-0.1, -0.05) is 18.2 Å². The first-order valence-electron chi connectivity index (χ1n) is 7.67. The van der Waals surface area contributed by atoms with Crippen molar-refractivity contribution in [2.45, 2.75) is 13.0 Å². The number of benzene rings is 2. The second-order valence-corrected chi connectivity index (χ2v) is 5.43. The predicted molar refractivity (Wildman–Crippen MR) is 94.4 cm³/mol. The summed E-state index contributed by atoms with van der Waals surface area (Å²) >= 11 is 0. The molecule has 2 aromatic carbocycles. The summed E-state index contributed by atoms with van der Waals surface area (Å²) in [6.07, 6.45) is 0. The smallest absolute Gasteiger partial charge is 0.337 e. The number of carboxylic acid groups (broad SMARTS) is 2. The topological polar surface area (TPSA) is 145 Å². The van der Waals surface area contributed by atoms with Crippen molar-refractivity contribution < 1.29 is 29.4 Å². The average Bonchev–Trinajstić information content (AvgIpc) is 2.62. The van der Waals surface area contributed by atoms with E-state index in [-0.39, 0.29) is 22.5 Å².